The maximum absolute atomic E-state index is 11.8. The Kier molecular flexibility index (Phi) is 3.46. The Morgan fingerprint density at radius 1 is 1.65 bits per heavy atom. The van der Waals surface area contributed by atoms with Gasteiger partial charge in [0.25, 0.3) is 5.91 Å². The van der Waals surface area contributed by atoms with E-state index in [2.05, 4.69) is 25.6 Å². The average molecular weight is 276 g/mol. The SMILES string of the molecule is Cn1nccc1[C@@H]1OCC[C@H]1CNC(=O)c1ncn[nH]1. The molecule has 1 fully saturated rings. The highest BCUT2D eigenvalue weighted by atomic mass is 16.5. The smallest absolute Gasteiger partial charge is 0.288 e. The standard InChI is InChI=1S/C12H16N6O2/c1-18-9(2-4-16-18)10-8(3-5-20-10)6-13-12(19)11-14-7-15-17-11/h2,4,7-8,10H,3,5-6H2,1H3,(H,13,19)(H,14,15,17)/t8-,10+/m0/s1. The van der Waals surface area contributed by atoms with Crippen LogP contribution in [-0.4, -0.2) is 44.0 Å². The van der Waals surface area contributed by atoms with Crippen LogP contribution in [0.4, 0.5) is 0 Å². The summed E-state index contributed by atoms with van der Waals surface area (Å²) < 4.78 is 7.57. The summed E-state index contributed by atoms with van der Waals surface area (Å²) in [7, 11) is 1.89. The highest BCUT2D eigenvalue weighted by molar-refractivity contribution is 5.90. The number of rotatable bonds is 4. The first-order valence-corrected chi connectivity index (χ1v) is 6.49. The molecule has 2 N–H and O–H groups in total. The molecule has 1 saturated heterocycles. The van der Waals surface area contributed by atoms with E-state index in [4.69, 9.17) is 4.74 Å². The fraction of sp³-hybridized carbons (Fsp3) is 0.500. The number of nitrogens with zero attached hydrogens (tertiary/aromatic N) is 4. The van der Waals surface area contributed by atoms with Gasteiger partial charge in [0.1, 0.15) is 12.4 Å². The molecular formula is C12H16N6O2. The molecule has 3 rings (SSSR count). The minimum absolute atomic E-state index is 0.0301. The number of carbonyl (C=O) groups is 1. The van der Waals surface area contributed by atoms with Crippen molar-refractivity contribution in [2.75, 3.05) is 13.2 Å². The molecular weight excluding hydrogens is 260 g/mol. The van der Waals surface area contributed by atoms with Crippen molar-refractivity contribution in [3.63, 3.8) is 0 Å². The number of hydrogen-bond donors (Lipinski definition) is 2. The summed E-state index contributed by atoms with van der Waals surface area (Å²) in [4.78, 5) is 15.6. The molecule has 0 radical (unpaired) electrons. The molecule has 0 aromatic carbocycles. The molecule has 3 heterocycles. The molecule has 2 atom stereocenters. The van der Waals surface area contributed by atoms with E-state index in [0.717, 1.165) is 12.1 Å². The molecule has 1 aliphatic rings. The molecule has 106 valence electrons. The number of aryl methyl sites for hydroxylation is 1. The van der Waals surface area contributed by atoms with E-state index >= 15 is 0 Å². The molecule has 1 amide bonds. The summed E-state index contributed by atoms with van der Waals surface area (Å²) in [5.41, 5.74) is 1.03. The summed E-state index contributed by atoms with van der Waals surface area (Å²) in [5, 5.41) is 13.2. The first-order valence-electron chi connectivity index (χ1n) is 6.49. The molecule has 8 heteroatoms. The second-order valence-electron chi connectivity index (χ2n) is 4.76. The molecule has 2 aromatic rings. The monoisotopic (exact) mass is 276 g/mol. The van der Waals surface area contributed by atoms with Crippen molar-refractivity contribution in [2.24, 2.45) is 13.0 Å². The predicted molar refractivity (Wildman–Crippen MR) is 68.7 cm³/mol. The Hall–Kier alpha value is -2.22. The van der Waals surface area contributed by atoms with Gasteiger partial charge in [0.2, 0.25) is 5.82 Å². The lowest BCUT2D eigenvalue weighted by molar-refractivity contribution is 0.0798. The Morgan fingerprint density at radius 3 is 3.25 bits per heavy atom. The molecule has 20 heavy (non-hydrogen) atoms. The number of hydrogen-bond acceptors (Lipinski definition) is 5. The number of aromatic nitrogens is 5. The van der Waals surface area contributed by atoms with Crippen LogP contribution >= 0.6 is 0 Å². The summed E-state index contributed by atoms with van der Waals surface area (Å²) in [6.45, 7) is 1.23. The molecule has 2 aromatic heterocycles. The highest BCUT2D eigenvalue weighted by Crippen LogP contribution is 2.33. The second kappa shape index (κ2) is 5.41. The maximum atomic E-state index is 11.8. The third-order valence-electron chi connectivity index (χ3n) is 3.52. The van der Waals surface area contributed by atoms with Crippen molar-refractivity contribution >= 4 is 5.91 Å². The van der Waals surface area contributed by atoms with Gasteiger partial charge in [-0.05, 0) is 12.5 Å². The molecule has 0 aliphatic carbocycles. The van der Waals surface area contributed by atoms with Crippen molar-refractivity contribution in [3.8, 4) is 0 Å². The third kappa shape index (κ3) is 2.42. The summed E-state index contributed by atoms with van der Waals surface area (Å²) in [6, 6.07) is 1.95. The van der Waals surface area contributed by atoms with Gasteiger partial charge >= 0.3 is 0 Å². The number of aromatic amines is 1. The highest BCUT2D eigenvalue weighted by Gasteiger charge is 2.31. The lowest BCUT2D eigenvalue weighted by Crippen LogP contribution is -2.31. The molecule has 1 aliphatic heterocycles. The van der Waals surface area contributed by atoms with E-state index in [9.17, 15) is 4.79 Å². The van der Waals surface area contributed by atoms with Gasteiger partial charge < -0.3 is 10.1 Å². The molecule has 0 saturated carbocycles. The number of amides is 1. The predicted octanol–water partition coefficient (Wildman–Crippen LogP) is 0.0458. The zero-order valence-corrected chi connectivity index (χ0v) is 11.1. The third-order valence-corrected chi connectivity index (χ3v) is 3.52. The van der Waals surface area contributed by atoms with Gasteiger partial charge in [-0.2, -0.15) is 10.2 Å². The van der Waals surface area contributed by atoms with Crippen molar-refractivity contribution in [1.29, 1.82) is 0 Å². The first kappa shape index (κ1) is 12.8. The van der Waals surface area contributed by atoms with Gasteiger partial charge in [0, 0.05) is 32.3 Å². The Bertz CT molecular complexity index is 579. The Balaban J connectivity index is 1.62. The molecule has 0 bridgehead atoms. The molecule has 0 unspecified atom stereocenters. The number of carbonyl (C=O) groups excluding carboxylic acids is 1. The van der Waals surface area contributed by atoms with E-state index < -0.39 is 0 Å². The second-order valence-corrected chi connectivity index (χ2v) is 4.76. The van der Waals surface area contributed by atoms with Gasteiger partial charge in [0.15, 0.2) is 0 Å². The fourth-order valence-corrected chi connectivity index (χ4v) is 2.46. The van der Waals surface area contributed by atoms with Gasteiger partial charge in [-0.1, -0.05) is 0 Å². The summed E-state index contributed by atoms with van der Waals surface area (Å²) in [6.07, 6.45) is 3.94. The van der Waals surface area contributed by atoms with Crippen LogP contribution in [0, 0.1) is 5.92 Å². The number of ether oxygens (including phenoxy) is 1. The van der Waals surface area contributed by atoms with Crippen LogP contribution in [0.2, 0.25) is 0 Å². The first-order chi connectivity index (χ1) is 9.75. The Labute approximate surface area is 115 Å². The maximum Gasteiger partial charge on any atom is 0.288 e. The van der Waals surface area contributed by atoms with Crippen molar-refractivity contribution in [1.82, 2.24) is 30.3 Å². The van der Waals surface area contributed by atoms with E-state index in [0.29, 0.717) is 13.2 Å². The summed E-state index contributed by atoms with van der Waals surface area (Å²) in [5.74, 6) is 0.205. The van der Waals surface area contributed by atoms with Gasteiger partial charge in [-0.3, -0.25) is 14.6 Å². The van der Waals surface area contributed by atoms with Crippen molar-refractivity contribution < 1.29 is 9.53 Å². The lowest BCUT2D eigenvalue weighted by Gasteiger charge is -2.18. The minimum Gasteiger partial charge on any atom is -0.372 e. The molecule has 8 nitrogen and oxygen atoms in total. The minimum atomic E-state index is -0.252. The van der Waals surface area contributed by atoms with E-state index in [1.54, 1.807) is 10.9 Å². The number of nitrogens with one attached hydrogen (secondary N) is 2. The topological polar surface area (TPSA) is 97.7 Å². The zero-order valence-electron chi connectivity index (χ0n) is 11.1. The van der Waals surface area contributed by atoms with Crippen LogP contribution < -0.4 is 5.32 Å². The largest absolute Gasteiger partial charge is 0.372 e. The van der Waals surface area contributed by atoms with Crippen LogP contribution in [0.1, 0.15) is 28.8 Å². The lowest BCUT2D eigenvalue weighted by atomic mass is 9.99. The quantitative estimate of drug-likeness (QED) is 0.822. The van der Waals surface area contributed by atoms with E-state index in [1.807, 2.05) is 13.1 Å². The Morgan fingerprint density at radius 2 is 2.55 bits per heavy atom. The van der Waals surface area contributed by atoms with E-state index in [-0.39, 0.29) is 23.8 Å². The van der Waals surface area contributed by atoms with Crippen LogP contribution in [0.25, 0.3) is 0 Å². The molecule has 0 spiro atoms. The van der Waals surface area contributed by atoms with Crippen LogP contribution in [0.5, 0.6) is 0 Å². The van der Waals surface area contributed by atoms with Crippen LogP contribution in [-0.2, 0) is 11.8 Å². The number of H-pyrrole nitrogens is 1. The van der Waals surface area contributed by atoms with Gasteiger partial charge in [-0.15, -0.1) is 0 Å². The van der Waals surface area contributed by atoms with Gasteiger partial charge in [-0.25, -0.2) is 4.98 Å². The fourth-order valence-electron chi connectivity index (χ4n) is 2.46. The van der Waals surface area contributed by atoms with Crippen molar-refractivity contribution in [3.05, 3.63) is 30.1 Å². The average Bonchev–Trinajstić information content (AvgIpc) is 3.17. The van der Waals surface area contributed by atoms with Crippen LogP contribution in [0.3, 0.4) is 0 Å². The van der Waals surface area contributed by atoms with Gasteiger partial charge in [0.05, 0.1) is 5.69 Å². The normalized spacial score (nSPS) is 22.1. The summed E-state index contributed by atoms with van der Waals surface area (Å²) >= 11 is 0. The van der Waals surface area contributed by atoms with Crippen molar-refractivity contribution in [2.45, 2.75) is 12.5 Å². The zero-order chi connectivity index (χ0) is 13.9. The van der Waals surface area contributed by atoms with Crippen LogP contribution in [0.15, 0.2) is 18.6 Å². The van der Waals surface area contributed by atoms with E-state index in [1.165, 1.54) is 6.33 Å².